The Morgan fingerprint density at radius 1 is 1.43 bits per heavy atom. The van der Waals surface area contributed by atoms with Crippen LogP contribution in [-0.4, -0.2) is 35.6 Å². The second kappa shape index (κ2) is 7.41. The van der Waals surface area contributed by atoms with Crippen LogP contribution in [0.3, 0.4) is 0 Å². The standard InChI is InChI=1S/C16H24N2O3/c1-4-13(19)10-20-14-5-6-16(17-9-14)21-15-7-12(8-15)18-11(2)3/h5-6,9,11-12,15,18H,4,7-8,10H2,1-3H3/t12-,15+. The SMILES string of the molecule is CCC(=O)COc1ccc(O[C@H]2C[C@@H](NC(C)C)C2)nc1. The summed E-state index contributed by atoms with van der Waals surface area (Å²) in [4.78, 5) is 15.4. The molecular weight excluding hydrogens is 268 g/mol. The second-order valence-electron chi connectivity index (χ2n) is 5.74. The summed E-state index contributed by atoms with van der Waals surface area (Å²) in [6, 6.07) is 4.64. The van der Waals surface area contributed by atoms with Crippen LogP contribution < -0.4 is 14.8 Å². The minimum absolute atomic E-state index is 0.0773. The molecule has 1 N–H and O–H groups in total. The number of ketones is 1. The van der Waals surface area contributed by atoms with Gasteiger partial charge >= 0.3 is 0 Å². The van der Waals surface area contributed by atoms with Gasteiger partial charge in [0.15, 0.2) is 5.78 Å². The first-order valence-corrected chi connectivity index (χ1v) is 7.60. The van der Waals surface area contributed by atoms with Gasteiger partial charge in [-0.2, -0.15) is 0 Å². The van der Waals surface area contributed by atoms with E-state index in [0.29, 0.717) is 30.1 Å². The van der Waals surface area contributed by atoms with Crippen molar-refractivity contribution in [3.8, 4) is 11.6 Å². The molecule has 2 rings (SSSR count). The van der Waals surface area contributed by atoms with Crippen LogP contribution in [0.4, 0.5) is 0 Å². The van der Waals surface area contributed by atoms with E-state index in [4.69, 9.17) is 9.47 Å². The Morgan fingerprint density at radius 3 is 2.76 bits per heavy atom. The topological polar surface area (TPSA) is 60.5 Å². The molecule has 0 amide bonds. The molecule has 116 valence electrons. The van der Waals surface area contributed by atoms with E-state index in [-0.39, 0.29) is 18.5 Å². The summed E-state index contributed by atoms with van der Waals surface area (Å²) in [5.41, 5.74) is 0. The Kier molecular flexibility index (Phi) is 5.56. The van der Waals surface area contributed by atoms with Crippen LogP contribution in [0, 0.1) is 0 Å². The molecule has 0 spiro atoms. The Morgan fingerprint density at radius 2 is 2.19 bits per heavy atom. The Bertz CT molecular complexity index is 453. The quantitative estimate of drug-likeness (QED) is 0.797. The van der Waals surface area contributed by atoms with Gasteiger partial charge in [-0.3, -0.25) is 4.79 Å². The summed E-state index contributed by atoms with van der Waals surface area (Å²) < 4.78 is 11.1. The molecule has 21 heavy (non-hydrogen) atoms. The Labute approximate surface area is 126 Å². The number of ether oxygens (including phenoxy) is 2. The van der Waals surface area contributed by atoms with E-state index in [2.05, 4.69) is 24.1 Å². The molecule has 1 aromatic rings. The maximum Gasteiger partial charge on any atom is 0.213 e. The highest BCUT2D eigenvalue weighted by Crippen LogP contribution is 2.26. The summed E-state index contributed by atoms with van der Waals surface area (Å²) in [6.07, 6.45) is 4.36. The molecule has 0 bridgehead atoms. The molecular formula is C16H24N2O3. The largest absolute Gasteiger partial charge is 0.484 e. The lowest BCUT2D eigenvalue weighted by Crippen LogP contribution is -2.49. The van der Waals surface area contributed by atoms with Gasteiger partial charge in [0, 0.05) is 24.6 Å². The number of rotatable bonds is 8. The summed E-state index contributed by atoms with van der Waals surface area (Å²) >= 11 is 0. The first-order valence-electron chi connectivity index (χ1n) is 7.60. The second-order valence-corrected chi connectivity index (χ2v) is 5.74. The predicted molar refractivity (Wildman–Crippen MR) is 80.7 cm³/mol. The molecule has 1 aliphatic rings. The molecule has 5 nitrogen and oxygen atoms in total. The molecule has 1 heterocycles. The van der Waals surface area contributed by atoms with Crippen molar-refractivity contribution in [1.29, 1.82) is 0 Å². The van der Waals surface area contributed by atoms with Crippen LogP contribution in [0.5, 0.6) is 11.6 Å². The van der Waals surface area contributed by atoms with Gasteiger partial charge < -0.3 is 14.8 Å². The fourth-order valence-corrected chi connectivity index (χ4v) is 2.23. The lowest BCUT2D eigenvalue weighted by molar-refractivity contribution is -0.120. The summed E-state index contributed by atoms with van der Waals surface area (Å²) in [5, 5.41) is 3.48. The number of carbonyl (C=O) groups is 1. The summed E-state index contributed by atoms with van der Waals surface area (Å²) in [7, 11) is 0. The van der Waals surface area contributed by atoms with Crippen LogP contribution in [0.15, 0.2) is 18.3 Å². The highest BCUT2D eigenvalue weighted by molar-refractivity contribution is 5.79. The number of aromatic nitrogens is 1. The number of hydrogen-bond donors (Lipinski definition) is 1. The first kappa shape index (κ1) is 15.8. The molecule has 5 heteroatoms. The first-order chi connectivity index (χ1) is 10.1. The number of pyridine rings is 1. The van der Waals surface area contributed by atoms with Gasteiger partial charge in [0.25, 0.3) is 0 Å². The van der Waals surface area contributed by atoms with Crippen LogP contribution >= 0.6 is 0 Å². The zero-order chi connectivity index (χ0) is 15.2. The van der Waals surface area contributed by atoms with Crippen molar-refractivity contribution in [2.75, 3.05) is 6.61 Å². The number of nitrogens with zero attached hydrogens (tertiary/aromatic N) is 1. The number of nitrogens with one attached hydrogen (secondary N) is 1. The number of Topliss-reactive ketones (excluding diaryl/α,β-unsaturated/α-hetero) is 1. The van der Waals surface area contributed by atoms with Gasteiger partial charge in [0.1, 0.15) is 18.5 Å². The third-order valence-corrected chi connectivity index (χ3v) is 3.45. The van der Waals surface area contributed by atoms with Gasteiger partial charge in [0.2, 0.25) is 5.88 Å². The monoisotopic (exact) mass is 292 g/mol. The average Bonchev–Trinajstić information content (AvgIpc) is 2.43. The molecule has 0 aromatic carbocycles. The van der Waals surface area contributed by atoms with Crippen LogP contribution in [0.25, 0.3) is 0 Å². The maximum atomic E-state index is 11.2. The highest BCUT2D eigenvalue weighted by Gasteiger charge is 2.31. The number of carbonyl (C=O) groups excluding carboxylic acids is 1. The summed E-state index contributed by atoms with van der Waals surface area (Å²) in [6.45, 7) is 6.22. The lowest BCUT2D eigenvalue weighted by atomic mass is 9.89. The number of hydrogen-bond acceptors (Lipinski definition) is 5. The molecule has 1 fully saturated rings. The van der Waals surface area contributed by atoms with Crippen molar-refractivity contribution in [3.05, 3.63) is 18.3 Å². The van der Waals surface area contributed by atoms with Crippen molar-refractivity contribution in [1.82, 2.24) is 10.3 Å². The van der Waals surface area contributed by atoms with Gasteiger partial charge in [-0.1, -0.05) is 20.8 Å². The Balaban J connectivity index is 1.72. The van der Waals surface area contributed by atoms with E-state index in [1.165, 1.54) is 0 Å². The van der Waals surface area contributed by atoms with E-state index < -0.39 is 0 Å². The molecule has 0 atom stereocenters. The van der Waals surface area contributed by atoms with E-state index in [1.807, 2.05) is 6.92 Å². The lowest BCUT2D eigenvalue weighted by Gasteiger charge is -2.36. The van der Waals surface area contributed by atoms with Crippen molar-refractivity contribution in [3.63, 3.8) is 0 Å². The van der Waals surface area contributed by atoms with Crippen molar-refractivity contribution in [2.45, 2.75) is 58.2 Å². The maximum absolute atomic E-state index is 11.2. The molecule has 0 saturated heterocycles. The van der Waals surface area contributed by atoms with Gasteiger partial charge in [-0.25, -0.2) is 4.98 Å². The minimum Gasteiger partial charge on any atom is -0.484 e. The molecule has 0 aliphatic heterocycles. The zero-order valence-corrected chi connectivity index (χ0v) is 13.0. The summed E-state index contributed by atoms with van der Waals surface area (Å²) in [5.74, 6) is 1.28. The van der Waals surface area contributed by atoms with Gasteiger partial charge in [-0.15, -0.1) is 0 Å². The molecule has 1 saturated carbocycles. The smallest absolute Gasteiger partial charge is 0.213 e. The fraction of sp³-hybridized carbons (Fsp3) is 0.625. The molecule has 1 aromatic heterocycles. The van der Waals surface area contributed by atoms with E-state index in [1.54, 1.807) is 18.3 Å². The van der Waals surface area contributed by atoms with Crippen LogP contribution in [0.2, 0.25) is 0 Å². The van der Waals surface area contributed by atoms with E-state index in [0.717, 1.165) is 12.8 Å². The minimum atomic E-state index is 0.0773. The van der Waals surface area contributed by atoms with E-state index in [9.17, 15) is 4.79 Å². The predicted octanol–water partition coefficient (Wildman–Crippen LogP) is 2.35. The van der Waals surface area contributed by atoms with Gasteiger partial charge in [-0.05, 0) is 18.9 Å². The van der Waals surface area contributed by atoms with Crippen molar-refractivity contribution >= 4 is 5.78 Å². The normalized spacial score (nSPS) is 21.0. The third kappa shape index (κ3) is 5.01. The van der Waals surface area contributed by atoms with Gasteiger partial charge in [0.05, 0.1) is 6.20 Å². The zero-order valence-electron chi connectivity index (χ0n) is 13.0. The van der Waals surface area contributed by atoms with Crippen molar-refractivity contribution < 1.29 is 14.3 Å². The molecule has 1 aliphatic carbocycles. The van der Waals surface area contributed by atoms with E-state index >= 15 is 0 Å². The van der Waals surface area contributed by atoms with Crippen LogP contribution in [0.1, 0.15) is 40.0 Å². The fourth-order valence-electron chi connectivity index (χ4n) is 2.23. The average molecular weight is 292 g/mol. The third-order valence-electron chi connectivity index (χ3n) is 3.45. The molecule has 0 radical (unpaired) electrons. The highest BCUT2D eigenvalue weighted by atomic mass is 16.5. The van der Waals surface area contributed by atoms with Crippen molar-refractivity contribution in [2.24, 2.45) is 0 Å². The van der Waals surface area contributed by atoms with Crippen LogP contribution in [-0.2, 0) is 4.79 Å². The molecule has 0 unspecified atom stereocenters. The Hall–Kier alpha value is -1.62.